The zero-order valence-corrected chi connectivity index (χ0v) is 12.5. The minimum absolute atomic E-state index is 0.169. The zero-order chi connectivity index (χ0) is 14.1. The summed E-state index contributed by atoms with van der Waals surface area (Å²) in [6, 6.07) is 8.38. The first-order chi connectivity index (χ1) is 9.28. The van der Waals surface area contributed by atoms with E-state index in [1.807, 2.05) is 19.1 Å². The first kappa shape index (κ1) is 16.0. The number of nitrogens with two attached hydrogens (primary N) is 1. The average Bonchev–Trinajstić information content (AvgIpc) is 2.42. The highest BCUT2D eigenvalue weighted by molar-refractivity contribution is 5.36. The van der Waals surface area contributed by atoms with Gasteiger partial charge in [0.1, 0.15) is 5.75 Å². The number of ether oxygens (including phenoxy) is 1. The van der Waals surface area contributed by atoms with Crippen molar-refractivity contribution in [2.75, 3.05) is 6.61 Å². The molecule has 1 aromatic rings. The van der Waals surface area contributed by atoms with Crippen LogP contribution in [0.25, 0.3) is 0 Å². The summed E-state index contributed by atoms with van der Waals surface area (Å²) in [4.78, 5) is 0. The van der Waals surface area contributed by atoms with Crippen LogP contribution in [0, 0.1) is 5.92 Å². The van der Waals surface area contributed by atoms with Crippen LogP contribution in [-0.4, -0.2) is 6.61 Å². The zero-order valence-electron chi connectivity index (χ0n) is 12.5. The van der Waals surface area contributed by atoms with Crippen molar-refractivity contribution in [3.05, 3.63) is 29.8 Å². The lowest BCUT2D eigenvalue weighted by Crippen LogP contribution is -2.34. The van der Waals surface area contributed by atoms with Crippen LogP contribution in [0.2, 0.25) is 0 Å². The van der Waals surface area contributed by atoms with E-state index in [-0.39, 0.29) is 6.04 Å². The monoisotopic (exact) mass is 264 g/mol. The number of para-hydroxylation sites is 1. The van der Waals surface area contributed by atoms with Gasteiger partial charge in [-0.1, -0.05) is 44.9 Å². The van der Waals surface area contributed by atoms with Gasteiger partial charge in [-0.25, -0.2) is 0 Å². The average molecular weight is 264 g/mol. The van der Waals surface area contributed by atoms with Crippen LogP contribution in [0.1, 0.15) is 58.1 Å². The van der Waals surface area contributed by atoms with Crippen LogP contribution in [0.15, 0.2) is 24.3 Å². The molecule has 0 heterocycles. The molecule has 3 heteroatoms. The van der Waals surface area contributed by atoms with E-state index in [0.717, 1.165) is 5.75 Å². The molecule has 0 saturated carbocycles. The maximum atomic E-state index is 5.83. The summed E-state index contributed by atoms with van der Waals surface area (Å²) in [5.41, 5.74) is 4.19. The summed E-state index contributed by atoms with van der Waals surface area (Å²) >= 11 is 0. The molecule has 0 aromatic heterocycles. The Bertz CT molecular complexity index is 348. The van der Waals surface area contributed by atoms with Crippen molar-refractivity contribution in [2.45, 2.75) is 52.5 Å². The van der Waals surface area contributed by atoms with E-state index in [2.05, 4.69) is 31.4 Å². The van der Waals surface area contributed by atoms with E-state index in [4.69, 9.17) is 10.6 Å². The fraction of sp³-hybridized carbons (Fsp3) is 0.625. The van der Waals surface area contributed by atoms with Crippen molar-refractivity contribution in [3.63, 3.8) is 0 Å². The Kier molecular flexibility index (Phi) is 7.53. The van der Waals surface area contributed by atoms with Gasteiger partial charge in [0.15, 0.2) is 0 Å². The summed E-state index contributed by atoms with van der Waals surface area (Å²) in [6.45, 7) is 7.15. The molecular formula is C16H28N2O. The second-order valence-corrected chi connectivity index (χ2v) is 4.95. The van der Waals surface area contributed by atoms with Crippen LogP contribution < -0.4 is 16.0 Å². The summed E-state index contributed by atoms with van der Waals surface area (Å²) in [7, 11) is 0. The molecule has 0 bridgehead atoms. The van der Waals surface area contributed by atoms with Gasteiger partial charge < -0.3 is 4.74 Å². The largest absolute Gasteiger partial charge is 0.494 e. The van der Waals surface area contributed by atoms with Crippen molar-refractivity contribution in [3.8, 4) is 5.75 Å². The molecule has 3 N–H and O–H groups in total. The van der Waals surface area contributed by atoms with Gasteiger partial charge in [-0.3, -0.25) is 11.3 Å². The molecule has 0 aliphatic rings. The molecule has 0 radical (unpaired) electrons. The highest BCUT2D eigenvalue weighted by atomic mass is 16.5. The van der Waals surface area contributed by atoms with Crippen LogP contribution in [0.5, 0.6) is 5.75 Å². The predicted octanol–water partition coefficient (Wildman–Crippen LogP) is 3.81. The van der Waals surface area contributed by atoms with Crippen molar-refractivity contribution >= 4 is 0 Å². The molecule has 0 spiro atoms. The third-order valence-corrected chi connectivity index (χ3v) is 3.52. The van der Waals surface area contributed by atoms with E-state index < -0.39 is 0 Å². The van der Waals surface area contributed by atoms with Crippen molar-refractivity contribution < 1.29 is 4.74 Å². The van der Waals surface area contributed by atoms with Gasteiger partial charge in [-0.15, -0.1) is 0 Å². The van der Waals surface area contributed by atoms with E-state index in [1.165, 1.54) is 31.2 Å². The van der Waals surface area contributed by atoms with Crippen LogP contribution >= 0.6 is 0 Å². The Morgan fingerprint density at radius 2 is 1.74 bits per heavy atom. The van der Waals surface area contributed by atoms with Crippen LogP contribution in [0.4, 0.5) is 0 Å². The lowest BCUT2D eigenvalue weighted by Gasteiger charge is -2.28. The third kappa shape index (κ3) is 4.51. The van der Waals surface area contributed by atoms with Crippen molar-refractivity contribution in [1.29, 1.82) is 0 Å². The first-order valence-electron chi connectivity index (χ1n) is 7.46. The van der Waals surface area contributed by atoms with E-state index >= 15 is 0 Å². The molecule has 0 fully saturated rings. The molecule has 3 nitrogen and oxygen atoms in total. The summed E-state index contributed by atoms with van der Waals surface area (Å²) in [5.74, 6) is 7.33. The predicted molar refractivity (Wildman–Crippen MR) is 81.0 cm³/mol. The molecule has 0 aliphatic heterocycles. The highest BCUT2D eigenvalue weighted by Crippen LogP contribution is 2.34. The number of rotatable bonds is 9. The molecule has 0 amide bonds. The molecule has 1 unspecified atom stereocenters. The second-order valence-electron chi connectivity index (χ2n) is 4.95. The van der Waals surface area contributed by atoms with Gasteiger partial charge in [0.2, 0.25) is 0 Å². The van der Waals surface area contributed by atoms with Crippen molar-refractivity contribution in [1.82, 2.24) is 5.43 Å². The maximum absolute atomic E-state index is 5.83. The van der Waals surface area contributed by atoms with E-state index in [9.17, 15) is 0 Å². The number of benzene rings is 1. The Balaban J connectivity index is 2.99. The summed E-state index contributed by atoms with van der Waals surface area (Å²) in [5, 5.41) is 0. The Morgan fingerprint density at radius 1 is 1.11 bits per heavy atom. The lowest BCUT2D eigenvalue weighted by atomic mass is 9.86. The third-order valence-electron chi connectivity index (χ3n) is 3.52. The number of hydrazine groups is 1. The molecule has 1 aromatic carbocycles. The van der Waals surface area contributed by atoms with Crippen LogP contribution in [0.3, 0.4) is 0 Å². The standard InChI is InChI=1S/C16H28N2O/c1-4-9-13(10-5-2)16(18-17)14-11-7-8-12-15(14)19-6-3/h7-8,11-13,16,18H,4-6,9-10,17H2,1-3H3. The minimum Gasteiger partial charge on any atom is -0.494 e. The number of hydrogen-bond acceptors (Lipinski definition) is 3. The minimum atomic E-state index is 0.169. The molecule has 0 aliphatic carbocycles. The molecule has 108 valence electrons. The quantitative estimate of drug-likeness (QED) is 0.527. The smallest absolute Gasteiger partial charge is 0.124 e. The fourth-order valence-electron chi connectivity index (χ4n) is 2.72. The molecule has 0 saturated heterocycles. The normalized spacial score (nSPS) is 12.7. The second kappa shape index (κ2) is 8.94. The fourth-order valence-corrected chi connectivity index (χ4v) is 2.72. The van der Waals surface area contributed by atoms with Gasteiger partial charge in [0, 0.05) is 5.56 Å². The Morgan fingerprint density at radius 3 is 2.26 bits per heavy atom. The van der Waals surface area contributed by atoms with Gasteiger partial charge in [-0.2, -0.15) is 0 Å². The van der Waals surface area contributed by atoms with Crippen molar-refractivity contribution in [2.24, 2.45) is 11.8 Å². The van der Waals surface area contributed by atoms with Crippen LogP contribution in [-0.2, 0) is 0 Å². The SMILES string of the molecule is CCCC(CCC)C(NN)c1ccccc1OCC. The van der Waals surface area contributed by atoms with Gasteiger partial charge in [0.05, 0.1) is 12.6 Å². The summed E-state index contributed by atoms with van der Waals surface area (Å²) < 4.78 is 5.73. The van der Waals surface area contributed by atoms with E-state index in [1.54, 1.807) is 0 Å². The molecule has 19 heavy (non-hydrogen) atoms. The molecule has 1 rings (SSSR count). The number of nitrogens with one attached hydrogen (secondary N) is 1. The topological polar surface area (TPSA) is 47.3 Å². The first-order valence-corrected chi connectivity index (χ1v) is 7.46. The number of hydrogen-bond donors (Lipinski definition) is 2. The van der Waals surface area contributed by atoms with E-state index in [0.29, 0.717) is 12.5 Å². The highest BCUT2D eigenvalue weighted by Gasteiger charge is 2.23. The maximum Gasteiger partial charge on any atom is 0.124 e. The van der Waals surface area contributed by atoms with Gasteiger partial charge >= 0.3 is 0 Å². The molecule has 1 atom stereocenters. The summed E-state index contributed by atoms with van der Waals surface area (Å²) in [6.07, 6.45) is 4.73. The molecular weight excluding hydrogens is 236 g/mol. The Hall–Kier alpha value is -1.06. The Labute approximate surface area is 117 Å². The van der Waals surface area contributed by atoms with Gasteiger partial charge in [-0.05, 0) is 31.7 Å². The lowest BCUT2D eigenvalue weighted by molar-refractivity contribution is 0.294. The van der Waals surface area contributed by atoms with Gasteiger partial charge in [0.25, 0.3) is 0 Å².